The van der Waals surface area contributed by atoms with Gasteiger partial charge in [-0.3, -0.25) is 0 Å². The Labute approximate surface area is 134 Å². The summed E-state index contributed by atoms with van der Waals surface area (Å²) in [5.74, 6) is 0. The van der Waals surface area contributed by atoms with Gasteiger partial charge in [-0.1, -0.05) is 87.2 Å². The predicted molar refractivity (Wildman–Crippen MR) is 94.1 cm³/mol. The molecule has 2 aromatic rings. The number of hydrogen-bond donors (Lipinski definition) is 0. The molecule has 0 aromatic heterocycles. The first-order valence-electron chi connectivity index (χ1n) is 8.21. The maximum Gasteiger partial charge on any atom is 0.0154 e. The molecule has 0 radical (unpaired) electrons. The van der Waals surface area contributed by atoms with Crippen molar-refractivity contribution in [2.45, 2.75) is 61.7 Å². The number of rotatable bonds is 9. The van der Waals surface area contributed by atoms with Crippen molar-refractivity contribution in [3.63, 3.8) is 0 Å². The highest BCUT2D eigenvalue weighted by atomic mass is 32.2. The number of hydrogen-bond acceptors (Lipinski definition) is 1. The third-order valence-corrected chi connectivity index (χ3v) is 4.87. The van der Waals surface area contributed by atoms with Crippen LogP contribution in [0.4, 0.5) is 0 Å². The average molecular weight is 298 g/mol. The van der Waals surface area contributed by atoms with E-state index in [-0.39, 0.29) is 0 Å². The normalized spacial score (nSPS) is 10.7. The molecule has 112 valence electrons. The van der Waals surface area contributed by atoms with Crippen molar-refractivity contribution in [3.05, 3.63) is 60.2 Å². The van der Waals surface area contributed by atoms with Gasteiger partial charge in [-0.2, -0.15) is 0 Å². The van der Waals surface area contributed by atoms with Crippen LogP contribution in [-0.2, 0) is 6.42 Å². The van der Waals surface area contributed by atoms with Gasteiger partial charge in [0.1, 0.15) is 0 Å². The van der Waals surface area contributed by atoms with Crippen molar-refractivity contribution in [1.29, 1.82) is 0 Å². The second kappa shape index (κ2) is 9.68. The van der Waals surface area contributed by atoms with Crippen molar-refractivity contribution in [2.75, 3.05) is 0 Å². The van der Waals surface area contributed by atoms with Crippen LogP contribution in [0, 0.1) is 0 Å². The monoisotopic (exact) mass is 298 g/mol. The van der Waals surface area contributed by atoms with E-state index in [0.29, 0.717) is 0 Å². The second-order valence-corrected chi connectivity index (χ2v) is 6.66. The molecule has 0 fully saturated rings. The number of benzene rings is 2. The molecule has 0 aliphatic carbocycles. The summed E-state index contributed by atoms with van der Waals surface area (Å²) in [4.78, 5) is 2.74. The minimum atomic E-state index is 1.21. The molecule has 0 N–H and O–H groups in total. The topological polar surface area (TPSA) is 0 Å². The van der Waals surface area contributed by atoms with Gasteiger partial charge >= 0.3 is 0 Å². The fraction of sp³-hybridized carbons (Fsp3) is 0.400. The van der Waals surface area contributed by atoms with Gasteiger partial charge < -0.3 is 0 Å². The van der Waals surface area contributed by atoms with E-state index in [1.807, 2.05) is 11.8 Å². The van der Waals surface area contributed by atoms with Crippen LogP contribution in [0.2, 0.25) is 0 Å². The van der Waals surface area contributed by atoms with Crippen molar-refractivity contribution >= 4 is 11.8 Å². The highest BCUT2D eigenvalue weighted by molar-refractivity contribution is 7.99. The van der Waals surface area contributed by atoms with Crippen LogP contribution in [0.15, 0.2) is 64.4 Å². The summed E-state index contributed by atoms with van der Waals surface area (Å²) in [5, 5.41) is 0. The largest absolute Gasteiger partial charge is 0.0898 e. The van der Waals surface area contributed by atoms with Gasteiger partial charge in [0.25, 0.3) is 0 Å². The standard InChI is InChI=1S/C20H26S/c1-2-3-4-5-6-8-13-18-14-11-12-17-20(18)21-19-15-9-7-10-16-19/h7,9-12,14-17H,2-6,8,13H2,1H3. The molecule has 0 unspecified atom stereocenters. The van der Waals surface area contributed by atoms with Crippen LogP contribution in [0.25, 0.3) is 0 Å². The van der Waals surface area contributed by atoms with E-state index in [1.54, 1.807) is 0 Å². The molecular formula is C20H26S. The van der Waals surface area contributed by atoms with Gasteiger partial charge in [0.2, 0.25) is 0 Å². The molecule has 0 bridgehead atoms. The zero-order valence-corrected chi connectivity index (χ0v) is 13.9. The minimum absolute atomic E-state index is 1.21. The first kappa shape index (κ1) is 16.2. The second-order valence-electron chi connectivity index (χ2n) is 5.54. The summed E-state index contributed by atoms with van der Waals surface area (Å²) < 4.78 is 0. The van der Waals surface area contributed by atoms with Gasteiger partial charge in [0.05, 0.1) is 0 Å². The maximum absolute atomic E-state index is 2.29. The van der Waals surface area contributed by atoms with E-state index in [9.17, 15) is 0 Å². The molecule has 0 amide bonds. The third-order valence-electron chi connectivity index (χ3n) is 3.74. The lowest BCUT2D eigenvalue weighted by Gasteiger charge is -2.09. The van der Waals surface area contributed by atoms with E-state index < -0.39 is 0 Å². The molecular weight excluding hydrogens is 272 g/mol. The molecule has 0 atom stereocenters. The lowest BCUT2D eigenvalue weighted by atomic mass is 10.1. The Hall–Kier alpha value is -1.21. The summed E-state index contributed by atoms with van der Waals surface area (Å²) in [6, 6.07) is 19.5. The van der Waals surface area contributed by atoms with E-state index in [4.69, 9.17) is 0 Å². The van der Waals surface area contributed by atoms with Crippen molar-refractivity contribution in [1.82, 2.24) is 0 Å². The first-order chi connectivity index (χ1) is 10.4. The third kappa shape index (κ3) is 5.97. The predicted octanol–water partition coefficient (Wildman–Crippen LogP) is 6.74. The molecule has 0 heterocycles. The summed E-state index contributed by atoms with van der Waals surface area (Å²) in [7, 11) is 0. The zero-order valence-electron chi connectivity index (χ0n) is 13.1. The molecule has 0 spiro atoms. The van der Waals surface area contributed by atoms with Gasteiger partial charge in [-0.25, -0.2) is 0 Å². The molecule has 0 nitrogen and oxygen atoms in total. The highest BCUT2D eigenvalue weighted by Crippen LogP contribution is 2.31. The fourth-order valence-electron chi connectivity index (χ4n) is 2.52. The van der Waals surface area contributed by atoms with Gasteiger partial charge in [0, 0.05) is 9.79 Å². The Morgan fingerprint density at radius 1 is 0.714 bits per heavy atom. The van der Waals surface area contributed by atoms with Crippen LogP contribution in [0.3, 0.4) is 0 Å². The molecule has 0 aliphatic heterocycles. The summed E-state index contributed by atoms with van der Waals surface area (Å²) >= 11 is 1.89. The molecule has 1 heteroatoms. The molecule has 0 saturated heterocycles. The smallest absolute Gasteiger partial charge is 0.0154 e. The Balaban J connectivity index is 1.85. The van der Waals surface area contributed by atoms with Crippen molar-refractivity contribution in [2.24, 2.45) is 0 Å². The van der Waals surface area contributed by atoms with Gasteiger partial charge in [0.15, 0.2) is 0 Å². The van der Waals surface area contributed by atoms with Crippen molar-refractivity contribution < 1.29 is 0 Å². The van der Waals surface area contributed by atoms with Crippen LogP contribution >= 0.6 is 11.8 Å². The highest BCUT2D eigenvalue weighted by Gasteiger charge is 2.03. The quantitative estimate of drug-likeness (QED) is 0.462. The van der Waals surface area contributed by atoms with Gasteiger partial charge in [-0.05, 0) is 36.6 Å². The minimum Gasteiger partial charge on any atom is -0.0898 e. The Kier molecular flexibility index (Phi) is 7.45. The molecule has 2 aromatic carbocycles. The first-order valence-corrected chi connectivity index (χ1v) is 9.02. The molecule has 0 aliphatic rings. The lowest BCUT2D eigenvalue weighted by molar-refractivity contribution is 0.606. The molecule has 0 saturated carbocycles. The van der Waals surface area contributed by atoms with E-state index in [2.05, 4.69) is 61.5 Å². The fourth-order valence-corrected chi connectivity index (χ4v) is 3.52. The Morgan fingerprint density at radius 3 is 2.19 bits per heavy atom. The summed E-state index contributed by atoms with van der Waals surface area (Å²) in [6.07, 6.45) is 9.40. The van der Waals surface area contributed by atoms with Crippen LogP contribution in [0.5, 0.6) is 0 Å². The van der Waals surface area contributed by atoms with Crippen molar-refractivity contribution in [3.8, 4) is 0 Å². The van der Waals surface area contributed by atoms with Crippen LogP contribution in [0.1, 0.15) is 51.0 Å². The Bertz CT molecular complexity index is 504. The summed E-state index contributed by atoms with van der Waals surface area (Å²) in [5.41, 5.74) is 1.50. The van der Waals surface area contributed by atoms with E-state index >= 15 is 0 Å². The van der Waals surface area contributed by atoms with E-state index in [1.165, 1.54) is 60.3 Å². The molecule has 21 heavy (non-hydrogen) atoms. The van der Waals surface area contributed by atoms with Crippen LogP contribution < -0.4 is 0 Å². The van der Waals surface area contributed by atoms with Crippen LogP contribution in [-0.4, -0.2) is 0 Å². The van der Waals surface area contributed by atoms with E-state index in [0.717, 1.165) is 0 Å². The molecule has 2 rings (SSSR count). The SMILES string of the molecule is CCCCCCCCc1ccccc1Sc1ccccc1. The average Bonchev–Trinajstić information content (AvgIpc) is 2.53. The Morgan fingerprint density at radius 2 is 1.38 bits per heavy atom. The lowest BCUT2D eigenvalue weighted by Crippen LogP contribution is -1.89. The summed E-state index contributed by atoms with van der Waals surface area (Å²) in [6.45, 7) is 2.27. The number of aryl methyl sites for hydroxylation is 1. The number of unbranched alkanes of at least 4 members (excludes halogenated alkanes) is 5. The van der Waals surface area contributed by atoms with Gasteiger partial charge in [-0.15, -0.1) is 0 Å². The maximum atomic E-state index is 2.29. The zero-order chi connectivity index (χ0) is 14.8.